The maximum absolute atomic E-state index is 12.9. The molecule has 4 fully saturated rings. The average Bonchev–Trinajstić information content (AvgIpc) is 3.37. The zero-order valence-electron chi connectivity index (χ0n) is 40.1. The second kappa shape index (κ2) is 26.2. The van der Waals surface area contributed by atoms with Gasteiger partial charge in [-0.25, -0.2) is 28.8 Å². The largest absolute Gasteiger partial charge is 0.465 e. The van der Waals surface area contributed by atoms with Crippen LogP contribution < -0.4 is 38.5 Å². The Morgan fingerprint density at radius 3 is 1.10 bits per heavy atom. The lowest BCUT2D eigenvalue weighted by Crippen LogP contribution is -2.53. The van der Waals surface area contributed by atoms with E-state index in [9.17, 15) is 28.8 Å². The van der Waals surface area contributed by atoms with Crippen LogP contribution in [0.1, 0.15) is 55.2 Å². The minimum atomic E-state index is -0.954. The maximum atomic E-state index is 12.9. The van der Waals surface area contributed by atoms with E-state index in [4.69, 9.17) is 37.2 Å². The second-order valence-electron chi connectivity index (χ2n) is 17.8. The van der Waals surface area contributed by atoms with E-state index in [0.717, 1.165) is 29.5 Å². The van der Waals surface area contributed by atoms with Crippen LogP contribution in [0.4, 0.5) is 45.8 Å². The quantitative estimate of drug-likeness (QED) is 0.0831. The molecule has 3 heterocycles. The van der Waals surface area contributed by atoms with Crippen molar-refractivity contribution in [3.05, 3.63) is 89.5 Å². The van der Waals surface area contributed by atoms with Gasteiger partial charge in [-0.15, -0.1) is 0 Å². The first-order valence-electron chi connectivity index (χ1n) is 24.0. The van der Waals surface area contributed by atoms with Crippen LogP contribution in [0.2, 0.25) is 0 Å². The van der Waals surface area contributed by atoms with Crippen LogP contribution in [-0.2, 0) is 29.1 Å². The minimum absolute atomic E-state index is 0.133. The molecule has 1 aliphatic carbocycles. The van der Waals surface area contributed by atoms with Crippen molar-refractivity contribution in [3.63, 3.8) is 0 Å². The molecule has 12 N–H and O–H groups in total. The molecule has 23 nitrogen and oxygen atoms in total. The lowest BCUT2D eigenvalue weighted by Gasteiger charge is -2.36. The highest BCUT2D eigenvalue weighted by molar-refractivity contribution is 5.89. The molecule has 3 aliphatic heterocycles. The molecule has 0 bridgehead atoms. The molecule has 1 saturated carbocycles. The highest BCUT2D eigenvalue weighted by Crippen LogP contribution is 2.24. The third-order valence-electron chi connectivity index (χ3n) is 12.7. The lowest BCUT2D eigenvalue weighted by molar-refractivity contribution is 0.0196. The number of anilines is 3. The number of ether oxygens (including phenoxy) is 2. The molecule has 0 atom stereocenters. The number of rotatable bonds is 9. The second-order valence-corrected chi connectivity index (χ2v) is 17.8. The molecule has 0 radical (unpaired) electrons. The maximum Gasteiger partial charge on any atom is 0.410 e. The standard InChI is InChI=1S/C34H48N8O6.C14H20N6O3/c35-27-11-7-25(8-12-27)23-37-31(43)39-15-19-41(20-16-39)33(45)47-29-3-1-4-30(6-2-5-29)48-34(46)42-21-17-40(18-22-42)32(44)38-24-26-9-13-28(36)14-10-26;15-12(16)18-11-3-1-10(2-4-11)9-17-13(21)19-5-7-20(8-6-19)14(22)23/h7-14,29-30H,1-6,15-24,35-36H2,(H,37,43)(H,38,44);1-4H,5-9H2,(H,17,21)(H,22,23)(H4,15,16,18)/t29-,30+;. The fourth-order valence-corrected chi connectivity index (χ4v) is 8.39. The molecule has 0 unspecified atom stereocenters. The van der Waals surface area contributed by atoms with Gasteiger partial charge in [-0.2, -0.15) is 0 Å². The zero-order chi connectivity index (χ0) is 50.7. The SMILES string of the molecule is N=C(N)Nc1ccc(CNC(=O)N2CCN(C(=O)O)CC2)cc1.Nc1ccc(CNC(=O)N2CCN(C(=O)O[C@H]3CCC[C@@H](OC(=O)N4CCN(C(=O)NCc5ccc(N)cc5)CC4)CCC3)CC2)cc1. The van der Waals surface area contributed by atoms with Crippen LogP contribution in [0.25, 0.3) is 0 Å². The number of carbonyl (C=O) groups excluding carboxylic acids is 5. The van der Waals surface area contributed by atoms with Crippen LogP contribution in [0.3, 0.4) is 0 Å². The summed E-state index contributed by atoms with van der Waals surface area (Å²) in [5, 5.41) is 27.3. The zero-order valence-corrected chi connectivity index (χ0v) is 40.1. The number of nitrogens with one attached hydrogen (secondary N) is 5. The Bertz CT molecular complexity index is 2130. The Morgan fingerprint density at radius 1 is 0.493 bits per heavy atom. The molecule has 4 aliphatic rings. The van der Waals surface area contributed by atoms with Gasteiger partial charge in [-0.3, -0.25) is 5.41 Å². The molecule has 71 heavy (non-hydrogen) atoms. The fourth-order valence-electron chi connectivity index (χ4n) is 8.39. The molecular weight excluding hydrogens is 917 g/mol. The Balaban J connectivity index is 0.000000300. The van der Waals surface area contributed by atoms with Crippen LogP contribution in [0.15, 0.2) is 72.8 Å². The number of nitrogens with zero attached hydrogens (tertiary/aromatic N) is 6. The third kappa shape index (κ3) is 17.0. The highest BCUT2D eigenvalue weighted by atomic mass is 16.6. The molecule has 9 amide bonds. The summed E-state index contributed by atoms with van der Waals surface area (Å²) in [5.74, 6) is -0.133. The monoisotopic (exact) mass is 985 g/mol. The minimum Gasteiger partial charge on any atom is -0.465 e. The van der Waals surface area contributed by atoms with Gasteiger partial charge in [0.1, 0.15) is 12.2 Å². The van der Waals surface area contributed by atoms with Gasteiger partial charge in [0.15, 0.2) is 5.96 Å². The van der Waals surface area contributed by atoms with E-state index >= 15 is 0 Å². The molecular formula is C48H68N14O9. The summed E-state index contributed by atoms with van der Waals surface area (Å²) in [6, 6.07) is 21.4. The van der Waals surface area contributed by atoms with Crippen LogP contribution in [0, 0.1) is 5.41 Å². The van der Waals surface area contributed by atoms with Gasteiger partial charge in [0.05, 0.1) is 0 Å². The van der Waals surface area contributed by atoms with Crippen LogP contribution in [-0.4, -0.2) is 168 Å². The molecule has 0 spiro atoms. The van der Waals surface area contributed by atoms with E-state index < -0.39 is 6.09 Å². The summed E-state index contributed by atoms with van der Waals surface area (Å²) < 4.78 is 11.7. The van der Waals surface area contributed by atoms with Gasteiger partial charge in [0.2, 0.25) is 0 Å². The van der Waals surface area contributed by atoms with Crippen LogP contribution in [0.5, 0.6) is 0 Å². The summed E-state index contributed by atoms with van der Waals surface area (Å²) in [6.45, 7) is 6.05. The molecule has 3 aromatic carbocycles. The number of hydrogen-bond donors (Lipinski definition) is 9. The first kappa shape index (κ1) is 52.5. The predicted octanol–water partition coefficient (Wildman–Crippen LogP) is 4.07. The summed E-state index contributed by atoms with van der Waals surface area (Å²) in [4.78, 5) is 83.5. The molecule has 7 rings (SSSR count). The Hall–Kier alpha value is -7.85. The van der Waals surface area contributed by atoms with Gasteiger partial charge in [0, 0.05) is 115 Å². The number of urea groups is 3. The van der Waals surface area contributed by atoms with Gasteiger partial charge in [-0.05, 0) is 91.6 Å². The first-order chi connectivity index (χ1) is 34.2. The molecule has 23 heteroatoms. The van der Waals surface area contributed by atoms with E-state index in [1.54, 1.807) is 60.9 Å². The van der Waals surface area contributed by atoms with Crippen molar-refractivity contribution in [3.8, 4) is 0 Å². The van der Waals surface area contributed by atoms with Crippen molar-refractivity contribution in [2.45, 2.75) is 70.4 Å². The van der Waals surface area contributed by atoms with Gasteiger partial charge >= 0.3 is 36.4 Å². The fraction of sp³-hybridized carbons (Fsp3) is 0.479. The predicted molar refractivity (Wildman–Crippen MR) is 266 cm³/mol. The van der Waals surface area contributed by atoms with Crippen molar-refractivity contribution in [1.29, 1.82) is 5.41 Å². The normalized spacial score (nSPS) is 18.3. The van der Waals surface area contributed by atoms with Crippen molar-refractivity contribution < 1.29 is 43.3 Å². The number of hydrogen-bond acceptors (Lipinski definition) is 11. The number of carbonyl (C=O) groups is 6. The number of amides is 9. The van der Waals surface area contributed by atoms with E-state index in [1.807, 2.05) is 36.4 Å². The summed E-state index contributed by atoms with van der Waals surface area (Å²) in [7, 11) is 0. The van der Waals surface area contributed by atoms with Crippen molar-refractivity contribution in [2.75, 3.05) is 95.3 Å². The van der Waals surface area contributed by atoms with Gasteiger partial charge in [-0.1, -0.05) is 36.4 Å². The summed E-state index contributed by atoms with van der Waals surface area (Å²) in [5.41, 5.74) is 21.6. The molecule has 0 aromatic heterocycles. The number of benzene rings is 3. The van der Waals surface area contributed by atoms with E-state index in [0.29, 0.717) is 141 Å². The van der Waals surface area contributed by atoms with Crippen molar-refractivity contribution in [2.24, 2.45) is 5.73 Å². The van der Waals surface area contributed by atoms with E-state index in [-0.39, 0.29) is 48.4 Å². The smallest absolute Gasteiger partial charge is 0.410 e. The lowest BCUT2D eigenvalue weighted by atomic mass is 9.96. The Labute approximate surface area is 413 Å². The number of nitrogens with two attached hydrogens (primary N) is 3. The summed E-state index contributed by atoms with van der Waals surface area (Å²) >= 11 is 0. The van der Waals surface area contributed by atoms with Gasteiger partial charge < -0.3 is 82.4 Å². The number of piperazine rings is 3. The molecule has 3 aromatic rings. The first-order valence-corrected chi connectivity index (χ1v) is 24.0. The number of nitrogen functional groups attached to an aromatic ring is 2. The van der Waals surface area contributed by atoms with Gasteiger partial charge in [0.25, 0.3) is 0 Å². The molecule has 3 saturated heterocycles. The third-order valence-corrected chi connectivity index (χ3v) is 12.7. The summed E-state index contributed by atoms with van der Waals surface area (Å²) in [6.07, 6.45) is 2.37. The average molecular weight is 985 g/mol. The van der Waals surface area contributed by atoms with Crippen molar-refractivity contribution >= 4 is 59.4 Å². The van der Waals surface area contributed by atoms with E-state index in [2.05, 4.69) is 21.3 Å². The van der Waals surface area contributed by atoms with E-state index in [1.165, 1.54) is 4.90 Å². The van der Waals surface area contributed by atoms with Crippen molar-refractivity contribution in [1.82, 2.24) is 45.3 Å². The Kier molecular flexibility index (Phi) is 19.4. The topological polar surface area (TPSA) is 311 Å². The highest BCUT2D eigenvalue weighted by Gasteiger charge is 2.30. The van der Waals surface area contributed by atoms with Crippen LogP contribution >= 0.6 is 0 Å². The number of carboxylic acid groups (broad SMARTS) is 1. The Morgan fingerprint density at radius 2 is 0.789 bits per heavy atom. The number of guanidine groups is 1. The molecule has 384 valence electrons.